The molecule has 1 heterocycles. The van der Waals surface area contributed by atoms with E-state index < -0.39 is 17.7 Å². The van der Waals surface area contributed by atoms with Crippen LogP contribution in [0.3, 0.4) is 0 Å². The Labute approximate surface area is 121 Å². The van der Waals surface area contributed by atoms with Crippen molar-refractivity contribution in [3.8, 4) is 0 Å². The summed E-state index contributed by atoms with van der Waals surface area (Å²) in [4.78, 5) is 4.17. The molecule has 0 aliphatic rings. The van der Waals surface area contributed by atoms with Crippen LogP contribution in [0.2, 0.25) is 0 Å². The fourth-order valence-electron chi connectivity index (χ4n) is 2.49. The Hall–Kier alpha value is -2.33. The third-order valence-electron chi connectivity index (χ3n) is 3.57. The third-order valence-corrected chi connectivity index (χ3v) is 3.57. The highest BCUT2D eigenvalue weighted by Gasteiger charge is 2.15. The van der Waals surface area contributed by atoms with Gasteiger partial charge in [0, 0.05) is 23.8 Å². The minimum atomic E-state index is -0.851. The SMILES string of the molecule is NC(Cc1cccc(F)c1F)c1cncc2ccccc12. The summed E-state index contributed by atoms with van der Waals surface area (Å²) in [5.41, 5.74) is 7.29. The lowest BCUT2D eigenvalue weighted by Gasteiger charge is -2.15. The number of nitrogens with zero attached hydrogens (tertiary/aromatic N) is 1. The number of halogens is 2. The van der Waals surface area contributed by atoms with E-state index in [0.717, 1.165) is 22.4 Å². The first-order valence-electron chi connectivity index (χ1n) is 6.68. The number of aromatic nitrogens is 1. The predicted molar refractivity (Wildman–Crippen MR) is 78.7 cm³/mol. The average Bonchev–Trinajstić information content (AvgIpc) is 2.51. The maximum atomic E-state index is 13.7. The van der Waals surface area contributed by atoms with E-state index in [1.807, 2.05) is 24.3 Å². The molecule has 4 heteroatoms. The van der Waals surface area contributed by atoms with Gasteiger partial charge in [-0.15, -0.1) is 0 Å². The second-order valence-corrected chi connectivity index (χ2v) is 4.97. The summed E-state index contributed by atoms with van der Waals surface area (Å²) in [5.74, 6) is -1.68. The lowest BCUT2D eigenvalue weighted by molar-refractivity contribution is 0.494. The highest BCUT2D eigenvalue weighted by Crippen LogP contribution is 2.25. The van der Waals surface area contributed by atoms with Crippen molar-refractivity contribution in [2.75, 3.05) is 0 Å². The molecule has 1 atom stereocenters. The fourth-order valence-corrected chi connectivity index (χ4v) is 2.49. The molecule has 2 N–H and O–H groups in total. The molecule has 0 aliphatic heterocycles. The van der Waals surface area contributed by atoms with Crippen LogP contribution >= 0.6 is 0 Å². The Bertz CT molecular complexity index is 781. The molecule has 21 heavy (non-hydrogen) atoms. The average molecular weight is 284 g/mol. The van der Waals surface area contributed by atoms with Gasteiger partial charge in [-0.2, -0.15) is 0 Å². The van der Waals surface area contributed by atoms with E-state index in [9.17, 15) is 8.78 Å². The van der Waals surface area contributed by atoms with Crippen molar-refractivity contribution in [1.29, 1.82) is 0 Å². The highest BCUT2D eigenvalue weighted by atomic mass is 19.2. The van der Waals surface area contributed by atoms with Crippen molar-refractivity contribution < 1.29 is 8.78 Å². The number of rotatable bonds is 3. The van der Waals surface area contributed by atoms with Gasteiger partial charge in [-0.05, 0) is 29.0 Å². The predicted octanol–water partition coefficient (Wildman–Crippen LogP) is 3.76. The number of nitrogens with two attached hydrogens (primary N) is 1. The summed E-state index contributed by atoms with van der Waals surface area (Å²) < 4.78 is 27.0. The van der Waals surface area contributed by atoms with Crippen LogP contribution in [-0.2, 0) is 6.42 Å². The van der Waals surface area contributed by atoms with Crippen molar-refractivity contribution in [2.45, 2.75) is 12.5 Å². The Morgan fingerprint density at radius 3 is 2.67 bits per heavy atom. The number of benzene rings is 2. The molecule has 2 nitrogen and oxygen atoms in total. The zero-order valence-corrected chi connectivity index (χ0v) is 11.3. The first kappa shape index (κ1) is 13.6. The second kappa shape index (κ2) is 5.58. The van der Waals surface area contributed by atoms with Gasteiger partial charge in [0.2, 0.25) is 0 Å². The normalized spacial score (nSPS) is 12.5. The Morgan fingerprint density at radius 1 is 1.00 bits per heavy atom. The number of hydrogen-bond acceptors (Lipinski definition) is 2. The molecule has 0 saturated heterocycles. The van der Waals surface area contributed by atoms with Crippen LogP contribution in [0.5, 0.6) is 0 Å². The molecule has 0 bridgehead atoms. The lowest BCUT2D eigenvalue weighted by Crippen LogP contribution is -2.15. The zero-order valence-electron chi connectivity index (χ0n) is 11.3. The van der Waals surface area contributed by atoms with Gasteiger partial charge in [0.1, 0.15) is 0 Å². The summed E-state index contributed by atoms with van der Waals surface area (Å²) >= 11 is 0. The second-order valence-electron chi connectivity index (χ2n) is 4.97. The topological polar surface area (TPSA) is 38.9 Å². The Balaban J connectivity index is 1.97. The molecule has 2 aromatic carbocycles. The number of hydrogen-bond donors (Lipinski definition) is 1. The molecule has 0 saturated carbocycles. The number of fused-ring (bicyclic) bond motifs is 1. The van der Waals surface area contributed by atoms with Crippen molar-refractivity contribution >= 4 is 10.8 Å². The minimum absolute atomic E-state index is 0.222. The maximum absolute atomic E-state index is 13.7. The first-order valence-corrected chi connectivity index (χ1v) is 6.68. The monoisotopic (exact) mass is 284 g/mol. The largest absolute Gasteiger partial charge is 0.324 e. The Kier molecular flexibility index (Phi) is 3.62. The van der Waals surface area contributed by atoms with Crippen LogP contribution in [-0.4, -0.2) is 4.98 Å². The first-order chi connectivity index (χ1) is 10.2. The molecule has 1 unspecified atom stereocenters. The van der Waals surface area contributed by atoms with Gasteiger partial charge in [0.15, 0.2) is 11.6 Å². The minimum Gasteiger partial charge on any atom is -0.324 e. The molecule has 0 amide bonds. The van der Waals surface area contributed by atoms with Crippen LogP contribution in [0, 0.1) is 11.6 Å². The van der Waals surface area contributed by atoms with E-state index in [0.29, 0.717) is 0 Å². The summed E-state index contributed by atoms with van der Waals surface area (Å²) in [6, 6.07) is 11.4. The van der Waals surface area contributed by atoms with Crippen LogP contribution in [0.15, 0.2) is 54.9 Å². The van der Waals surface area contributed by atoms with Gasteiger partial charge >= 0.3 is 0 Å². The van der Waals surface area contributed by atoms with Gasteiger partial charge < -0.3 is 5.73 Å². The molecule has 3 aromatic rings. The van der Waals surface area contributed by atoms with Crippen molar-refractivity contribution in [1.82, 2.24) is 4.98 Å². The summed E-state index contributed by atoms with van der Waals surface area (Å²) in [7, 11) is 0. The van der Waals surface area contributed by atoms with Gasteiger partial charge in [-0.25, -0.2) is 8.78 Å². The van der Waals surface area contributed by atoms with Crippen LogP contribution in [0.4, 0.5) is 8.78 Å². The highest BCUT2D eigenvalue weighted by molar-refractivity contribution is 5.85. The third kappa shape index (κ3) is 2.62. The van der Waals surface area contributed by atoms with Gasteiger partial charge in [-0.1, -0.05) is 36.4 Å². The van der Waals surface area contributed by atoms with Crippen molar-refractivity contribution in [2.24, 2.45) is 5.73 Å². The van der Waals surface area contributed by atoms with Crippen LogP contribution < -0.4 is 5.73 Å². The van der Waals surface area contributed by atoms with Crippen molar-refractivity contribution in [3.05, 3.63) is 77.6 Å². The summed E-state index contributed by atoms with van der Waals surface area (Å²) in [6.07, 6.45) is 3.66. The van der Waals surface area contributed by atoms with Crippen LogP contribution in [0.1, 0.15) is 17.2 Å². The van der Waals surface area contributed by atoms with E-state index in [1.54, 1.807) is 18.5 Å². The molecular formula is C17H14F2N2. The summed E-state index contributed by atoms with van der Waals surface area (Å²) in [5, 5.41) is 1.96. The molecule has 1 aromatic heterocycles. The Morgan fingerprint density at radius 2 is 1.81 bits per heavy atom. The molecule has 3 rings (SSSR count). The molecule has 0 spiro atoms. The van der Waals surface area contributed by atoms with Gasteiger partial charge in [-0.3, -0.25) is 4.98 Å². The lowest BCUT2D eigenvalue weighted by atomic mass is 9.96. The molecule has 0 aliphatic carbocycles. The van der Waals surface area contributed by atoms with E-state index in [4.69, 9.17) is 5.73 Å². The maximum Gasteiger partial charge on any atom is 0.162 e. The molecule has 0 radical (unpaired) electrons. The summed E-state index contributed by atoms with van der Waals surface area (Å²) in [6.45, 7) is 0. The quantitative estimate of drug-likeness (QED) is 0.795. The van der Waals surface area contributed by atoms with Gasteiger partial charge in [0.25, 0.3) is 0 Å². The fraction of sp³-hybridized carbons (Fsp3) is 0.118. The van der Waals surface area contributed by atoms with Gasteiger partial charge in [0.05, 0.1) is 0 Å². The van der Waals surface area contributed by atoms with E-state index >= 15 is 0 Å². The van der Waals surface area contributed by atoms with E-state index in [2.05, 4.69) is 4.98 Å². The van der Waals surface area contributed by atoms with Crippen LogP contribution in [0.25, 0.3) is 10.8 Å². The standard InChI is InChI=1S/C17H14F2N2/c18-15-7-3-5-11(17(15)19)8-16(20)14-10-21-9-12-4-1-2-6-13(12)14/h1-7,9-10,16H,8,20H2. The zero-order chi connectivity index (χ0) is 14.8. The molecule has 0 fully saturated rings. The molecular weight excluding hydrogens is 270 g/mol. The molecule has 106 valence electrons. The van der Waals surface area contributed by atoms with Crippen molar-refractivity contribution in [3.63, 3.8) is 0 Å². The van der Waals surface area contributed by atoms with E-state index in [-0.39, 0.29) is 12.0 Å². The van der Waals surface area contributed by atoms with E-state index in [1.165, 1.54) is 6.07 Å². The smallest absolute Gasteiger partial charge is 0.162 e. The number of pyridine rings is 1.